The molecule has 1 aliphatic rings. The molecular formula is C20H22ClN2O3S+. The van der Waals surface area contributed by atoms with Crippen molar-refractivity contribution in [2.24, 2.45) is 0 Å². The van der Waals surface area contributed by atoms with Gasteiger partial charge in [-0.1, -0.05) is 29.8 Å². The van der Waals surface area contributed by atoms with Gasteiger partial charge in [-0.05, 0) is 30.2 Å². The Morgan fingerprint density at radius 1 is 1.37 bits per heavy atom. The molecule has 0 fully saturated rings. The van der Waals surface area contributed by atoms with Gasteiger partial charge in [0.05, 0.1) is 30.6 Å². The van der Waals surface area contributed by atoms with E-state index in [9.17, 15) is 9.59 Å². The van der Waals surface area contributed by atoms with E-state index in [1.165, 1.54) is 29.4 Å². The van der Waals surface area contributed by atoms with Crippen molar-refractivity contribution in [3.8, 4) is 0 Å². The SMILES string of the molecule is CC[NH+]1CCc2c(sc(NC(=O)/C=C\c3ccccc3Cl)c2C(=O)OC)C1. The summed E-state index contributed by atoms with van der Waals surface area (Å²) in [5, 5.41) is 3.97. The second-order valence-corrected chi connectivity index (χ2v) is 7.84. The molecule has 0 saturated carbocycles. The minimum Gasteiger partial charge on any atom is -0.465 e. The fraction of sp³-hybridized carbons (Fsp3) is 0.300. The predicted molar refractivity (Wildman–Crippen MR) is 109 cm³/mol. The van der Waals surface area contributed by atoms with Gasteiger partial charge < -0.3 is 15.0 Å². The van der Waals surface area contributed by atoms with Gasteiger partial charge in [0.25, 0.3) is 0 Å². The van der Waals surface area contributed by atoms with Gasteiger partial charge >= 0.3 is 5.97 Å². The highest BCUT2D eigenvalue weighted by atomic mass is 35.5. The fourth-order valence-electron chi connectivity index (χ4n) is 3.17. The third kappa shape index (κ3) is 4.40. The number of methoxy groups -OCH3 is 1. The number of quaternary nitrogens is 1. The van der Waals surface area contributed by atoms with E-state index < -0.39 is 5.97 Å². The molecule has 3 rings (SSSR count). The Morgan fingerprint density at radius 3 is 2.85 bits per heavy atom. The summed E-state index contributed by atoms with van der Waals surface area (Å²) in [6.45, 7) is 5.03. The molecule has 2 heterocycles. The standard InChI is InChI=1S/C20H21ClN2O3S/c1-3-23-11-10-14-16(12-23)27-19(18(14)20(25)26-2)22-17(24)9-8-13-6-4-5-7-15(13)21/h4-9H,3,10-12H2,1-2H3,(H,22,24)/p+1/b9-8-. The zero-order chi connectivity index (χ0) is 19.4. The number of carbonyl (C=O) groups is 2. The van der Waals surface area contributed by atoms with E-state index in [2.05, 4.69) is 12.2 Å². The quantitative estimate of drug-likeness (QED) is 0.594. The highest BCUT2D eigenvalue weighted by Crippen LogP contribution is 2.35. The van der Waals surface area contributed by atoms with Crippen LogP contribution < -0.4 is 10.2 Å². The van der Waals surface area contributed by atoms with Crippen LogP contribution in [0.25, 0.3) is 6.08 Å². The number of thiophene rings is 1. The Labute approximate surface area is 167 Å². The third-order valence-electron chi connectivity index (χ3n) is 4.68. The molecule has 0 radical (unpaired) electrons. The summed E-state index contributed by atoms with van der Waals surface area (Å²) in [4.78, 5) is 27.3. The number of fused-ring (bicyclic) bond motifs is 1. The van der Waals surface area contributed by atoms with Crippen LogP contribution in [-0.4, -0.2) is 32.1 Å². The molecule has 27 heavy (non-hydrogen) atoms. The van der Waals surface area contributed by atoms with E-state index in [4.69, 9.17) is 16.3 Å². The van der Waals surface area contributed by atoms with Gasteiger partial charge in [0.15, 0.2) is 0 Å². The van der Waals surface area contributed by atoms with E-state index >= 15 is 0 Å². The lowest BCUT2D eigenvalue weighted by Gasteiger charge is -2.22. The summed E-state index contributed by atoms with van der Waals surface area (Å²) in [5.41, 5.74) is 2.26. The number of benzene rings is 1. The summed E-state index contributed by atoms with van der Waals surface area (Å²) in [6.07, 6.45) is 3.89. The first kappa shape index (κ1) is 19.6. The average Bonchev–Trinajstić information content (AvgIpc) is 3.03. The van der Waals surface area contributed by atoms with Crippen LogP contribution in [0, 0.1) is 0 Å². The number of hydrogen-bond donors (Lipinski definition) is 2. The highest BCUT2D eigenvalue weighted by molar-refractivity contribution is 7.17. The van der Waals surface area contributed by atoms with E-state index in [1.54, 1.807) is 12.1 Å². The predicted octanol–water partition coefficient (Wildman–Crippen LogP) is 2.80. The van der Waals surface area contributed by atoms with Gasteiger partial charge in [0.2, 0.25) is 5.91 Å². The molecule has 142 valence electrons. The Balaban J connectivity index is 1.83. The summed E-state index contributed by atoms with van der Waals surface area (Å²) in [5.74, 6) is -0.712. The summed E-state index contributed by atoms with van der Waals surface area (Å²) >= 11 is 7.57. The maximum absolute atomic E-state index is 12.4. The first-order valence-electron chi connectivity index (χ1n) is 8.83. The molecule has 2 aromatic rings. The molecule has 2 N–H and O–H groups in total. The van der Waals surface area contributed by atoms with Crippen molar-refractivity contribution in [1.29, 1.82) is 0 Å². The third-order valence-corrected chi connectivity index (χ3v) is 6.17. The van der Waals surface area contributed by atoms with Crippen LogP contribution in [0.5, 0.6) is 0 Å². The van der Waals surface area contributed by atoms with E-state index in [-0.39, 0.29) is 5.91 Å². The van der Waals surface area contributed by atoms with Gasteiger partial charge in [-0.25, -0.2) is 4.79 Å². The first-order valence-corrected chi connectivity index (χ1v) is 10.0. The van der Waals surface area contributed by atoms with Crippen LogP contribution in [-0.2, 0) is 22.5 Å². The van der Waals surface area contributed by atoms with E-state index in [0.717, 1.165) is 42.1 Å². The summed E-state index contributed by atoms with van der Waals surface area (Å²) in [6, 6.07) is 7.29. The zero-order valence-electron chi connectivity index (χ0n) is 15.3. The molecule has 7 heteroatoms. The number of nitrogens with one attached hydrogen (secondary N) is 2. The van der Waals surface area contributed by atoms with Crippen LogP contribution in [0.2, 0.25) is 5.02 Å². The largest absolute Gasteiger partial charge is 0.465 e. The Morgan fingerprint density at radius 2 is 2.15 bits per heavy atom. The van der Waals surface area contributed by atoms with E-state index in [1.807, 2.05) is 18.2 Å². The van der Waals surface area contributed by atoms with Gasteiger partial charge in [-0.3, -0.25) is 4.79 Å². The first-order chi connectivity index (χ1) is 13.0. The van der Waals surface area contributed by atoms with Crippen LogP contribution in [0.4, 0.5) is 5.00 Å². The van der Waals surface area contributed by atoms with Crippen molar-refractivity contribution >= 4 is 45.9 Å². The maximum atomic E-state index is 12.4. The second-order valence-electron chi connectivity index (χ2n) is 6.32. The smallest absolute Gasteiger partial charge is 0.341 e. The molecule has 0 spiro atoms. The number of carbonyl (C=O) groups excluding carboxylic acids is 2. The molecule has 1 unspecified atom stereocenters. The topological polar surface area (TPSA) is 59.8 Å². The molecule has 1 aromatic carbocycles. The lowest BCUT2D eigenvalue weighted by molar-refractivity contribution is -0.913. The van der Waals surface area contributed by atoms with Gasteiger partial charge in [-0.15, -0.1) is 11.3 Å². The van der Waals surface area contributed by atoms with Crippen molar-refractivity contribution in [3.05, 3.63) is 56.9 Å². The molecule has 0 aliphatic carbocycles. The van der Waals surface area contributed by atoms with Crippen LogP contribution in [0.3, 0.4) is 0 Å². The van der Waals surface area contributed by atoms with Crippen molar-refractivity contribution in [3.63, 3.8) is 0 Å². The maximum Gasteiger partial charge on any atom is 0.341 e. The summed E-state index contributed by atoms with van der Waals surface area (Å²) in [7, 11) is 1.36. The molecule has 1 atom stereocenters. The molecule has 5 nitrogen and oxygen atoms in total. The minimum absolute atomic E-state index is 0.307. The zero-order valence-corrected chi connectivity index (χ0v) is 16.9. The monoisotopic (exact) mass is 405 g/mol. The number of hydrogen-bond acceptors (Lipinski definition) is 4. The van der Waals surface area contributed by atoms with Crippen molar-refractivity contribution < 1.29 is 19.2 Å². The number of rotatable bonds is 5. The van der Waals surface area contributed by atoms with Crippen LogP contribution in [0.1, 0.15) is 33.3 Å². The van der Waals surface area contributed by atoms with Crippen molar-refractivity contribution in [1.82, 2.24) is 0 Å². The number of amides is 1. The molecule has 0 saturated heterocycles. The summed E-state index contributed by atoms with van der Waals surface area (Å²) < 4.78 is 4.96. The van der Waals surface area contributed by atoms with E-state index in [0.29, 0.717) is 15.6 Å². The average molecular weight is 406 g/mol. The molecular weight excluding hydrogens is 384 g/mol. The second kappa shape index (κ2) is 8.69. The molecule has 0 bridgehead atoms. The lowest BCUT2D eigenvalue weighted by atomic mass is 10.0. The van der Waals surface area contributed by atoms with Crippen LogP contribution >= 0.6 is 22.9 Å². The number of likely N-dealkylation sites (N-methyl/N-ethyl adjacent to an activating group) is 1. The Bertz CT molecular complexity index is 891. The van der Waals surface area contributed by atoms with Crippen LogP contribution in [0.15, 0.2) is 30.3 Å². The fourth-order valence-corrected chi connectivity index (χ4v) is 4.68. The van der Waals surface area contributed by atoms with Crippen molar-refractivity contribution in [2.75, 3.05) is 25.5 Å². The van der Waals surface area contributed by atoms with Gasteiger partial charge in [0.1, 0.15) is 11.5 Å². The molecule has 1 amide bonds. The minimum atomic E-state index is -0.405. The number of halogens is 1. The normalized spacial score (nSPS) is 16.2. The molecule has 1 aliphatic heterocycles. The Hall–Kier alpha value is -2.15. The number of esters is 1. The highest BCUT2D eigenvalue weighted by Gasteiger charge is 2.30. The number of anilines is 1. The van der Waals surface area contributed by atoms with Gasteiger partial charge in [0, 0.05) is 17.5 Å². The van der Waals surface area contributed by atoms with Crippen molar-refractivity contribution in [2.45, 2.75) is 19.9 Å². The molecule has 1 aromatic heterocycles. The number of ether oxygens (including phenoxy) is 1. The van der Waals surface area contributed by atoms with Gasteiger partial charge in [-0.2, -0.15) is 0 Å². The lowest BCUT2D eigenvalue weighted by Crippen LogP contribution is -3.11. The Kier molecular flexibility index (Phi) is 6.31.